The van der Waals surface area contributed by atoms with Crippen LogP contribution in [0.5, 0.6) is 5.75 Å². The lowest BCUT2D eigenvalue weighted by Crippen LogP contribution is -2.14. The topological polar surface area (TPSA) is 58.0 Å². The van der Waals surface area contributed by atoms with Crippen molar-refractivity contribution in [3.8, 4) is 5.75 Å². The van der Waals surface area contributed by atoms with Crippen molar-refractivity contribution in [1.82, 2.24) is 15.3 Å². The molecule has 0 radical (unpaired) electrons. The molecule has 0 saturated carbocycles. The third-order valence-corrected chi connectivity index (χ3v) is 2.41. The summed E-state index contributed by atoms with van der Waals surface area (Å²) < 4.78 is 13.0. The Morgan fingerprint density at radius 3 is 2.67 bits per heavy atom. The molecule has 0 bridgehead atoms. The second-order valence-electron chi connectivity index (χ2n) is 4.07. The Labute approximate surface area is 105 Å². The average Bonchev–Trinajstić information content (AvgIpc) is 2.30. The van der Waals surface area contributed by atoms with Gasteiger partial charge >= 0.3 is 0 Å². The predicted molar refractivity (Wildman–Crippen MR) is 65.4 cm³/mol. The van der Waals surface area contributed by atoms with Crippen LogP contribution in [0.2, 0.25) is 0 Å². The van der Waals surface area contributed by atoms with Crippen molar-refractivity contribution in [2.75, 3.05) is 0 Å². The number of phenolic OH excluding ortho intramolecular Hbond substituents is 1. The summed E-state index contributed by atoms with van der Waals surface area (Å²) >= 11 is 0. The van der Waals surface area contributed by atoms with Crippen LogP contribution >= 0.6 is 0 Å². The molecule has 2 N–H and O–H groups in total. The van der Waals surface area contributed by atoms with Crippen LogP contribution in [0.15, 0.2) is 30.6 Å². The van der Waals surface area contributed by atoms with Crippen LogP contribution in [0.3, 0.4) is 0 Å². The Morgan fingerprint density at radius 2 is 2.00 bits per heavy atom. The number of nitrogens with zero attached hydrogens (tertiary/aromatic N) is 2. The van der Waals surface area contributed by atoms with Gasteiger partial charge in [0.1, 0.15) is 11.6 Å². The summed E-state index contributed by atoms with van der Waals surface area (Å²) in [5.41, 5.74) is 2.38. The van der Waals surface area contributed by atoms with Crippen molar-refractivity contribution >= 4 is 0 Å². The molecule has 0 spiro atoms. The van der Waals surface area contributed by atoms with E-state index in [4.69, 9.17) is 0 Å². The first kappa shape index (κ1) is 12.4. The van der Waals surface area contributed by atoms with E-state index in [1.807, 2.05) is 6.92 Å². The van der Waals surface area contributed by atoms with Gasteiger partial charge in [0.2, 0.25) is 0 Å². The molecule has 1 aromatic carbocycles. The minimum Gasteiger partial charge on any atom is -0.508 e. The van der Waals surface area contributed by atoms with Crippen LogP contribution < -0.4 is 5.32 Å². The van der Waals surface area contributed by atoms with E-state index in [1.165, 1.54) is 12.1 Å². The first-order valence-electron chi connectivity index (χ1n) is 5.60. The lowest BCUT2D eigenvalue weighted by atomic mass is 10.2. The maximum absolute atomic E-state index is 13.0. The Bertz CT molecular complexity index is 508. The first-order valence-corrected chi connectivity index (χ1v) is 5.60. The van der Waals surface area contributed by atoms with Gasteiger partial charge < -0.3 is 10.4 Å². The lowest BCUT2D eigenvalue weighted by Gasteiger charge is -2.05. The number of rotatable bonds is 4. The number of aryl methyl sites for hydroxylation is 1. The third-order valence-electron chi connectivity index (χ3n) is 2.41. The molecule has 0 aliphatic rings. The molecule has 2 rings (SSSR count). The zero-order valence-corrected chi connectivity index (χ0v) is 10.0. The van der Waals surface area contributed by atoms with Crippen molar-refractivity contribution in [3.63, 3.8) is 0 Å². The summed E-state index contributed by atoms with van der Waals surface area (Å²) in [4.78, 5) is 8.33. The van der Waals surface area contributed by atoms with Gasteiger partial charge in [0.25, 0.3) is 0 Å². The summed E-state index contributed by atoms with van der Waals surface area (Å²) in [6.07, 6.45) is 3.40. The highest BCUT2D eigenvalue weighted by atomic mass is 19.1. The fourth-order valence-electron chi connectivity index (χ4n) is 1.58. The highest BCUT2D eigenvalue weighted by molar-refractivity contribution is 5.28. The summed E-state index contributed by atoms with van der Waals surface area (Å²) in [6.45, 7) is 2.88. The number of halogens is 1. The molecule has 1 aromatic heterocycles. The molecule has 4 nitrogen and oxygen atoms in total. The van der Waals surface area contributed by atoms with E-state index < -0.39 is 5.82 Å². The van der Waals surface area contributed by atoms with Gasteiger partial charge in [-0.25, -0.2) is 4.39 Å². The number of hydrogen-bond donors (Lipinski definition) is 2. The van der Waals surface area contributed by atoms with Gasteiger partial charge in [0.15, 0.2) is 0 Å². The fraction of sp³-hybridized carbons (Fsp3) is 0.231. The smallest absolute Gasteiger partial charge is 0.127 e. The number of hydrogen-bond acceptors (Lipinski definition) is 4. The molecule has 1 heterocycles. The van der Waals surface area contributed by atoms with Crippen molar-refractivity contribution in [3.05, 3.63) is 53.4 Å². The number of phenols is 1. The Balaban J connectivity index is 1.90. The van der Waals surface area contributed by atoms with Gasteiger partial charge in [-0.3, -0.25) is 9.97 Å². The monoisotopic (exact) mass is 247 g/mol. The molecular formula is C13H14FN3O. The zero-order valence-electron chi connectivity index (χ0n) is 10.0. The van der Waals surface area contributed by atoms with Crippen LogP contribution in [0.1, 0.15) is 17.0 Å². The number of nitrogens with one attached hydrogen (secondary N) is 1. The molecule has 0 aliphatic carbocycles. The van der Waals surface area contributed by atoms with Gasteiger partial charge in [-0.1, -0.05) is 0 Å². The summed E-state index contributed by atoms with van der Waals surface area (Å²) in [6, 6.07) is 3.99. The second-order valence-corrected chi connectivity index (χ2v) is 4.07. The molecular weight excluding hydrogens is 233 g/mol. The second kappa shape index (κ2) is 5.55. The summed E-state index contributed by atoms with van der Waals surface area (Å²) in [5.74, 6) is -0.510. The van der Waals surface area contributed by atoms with Crippen molar-refractivity contribution < 1.29 is 9.50 Å². The predicted octanol–water partition coefficient (Wildman–Crippen LogP) is 1.92. The molecule has 0 amide bonds. The highest BCUT2D eigenvalue weighted by Crippen LogP contribution is 2.14. The number of aromatic hydroxyl groups is 1. The van der Waals surface area contributed by atoms with E-state index in [1.54, 1.807) is 12.4 Å². The quantitative estimate of drug-likeness (QED) is 0.866. The minimum atomic E-state index is -0.443. The molecule has 5 heteroatoms. The molecule has 18 heavy (non-hydrogen) atoms. The molecule has 2 aromatic rings. The Kier molecular flexibility index (Phi) is 3.84. The molecule has 0 atom stereocenters. The molecule has 0 aliphatic heterocycles. The summed E-state index contributed by atoms with van der Waals surface area (Å²) in [5, 5.41) is 12.4. The van der Waals surface area contributed by atoms with E-state index >= 15 is 0 Å². The van der Waals surface area contributed by atoms with Crippen LogP contribution in [0, 0.1) is 12.7 Å². The number of benzene rings is 1. The van der Waals surface area contributed by atoms with E-state index in [9.17, 15) is 9.50 Å². The Morgan fingerprint density at radius 1 is 1.17 bits per heavy atom. The third kappa shape index (κ3) is 3.49. The van der Waals surface area contributed by atoms with Crippen LogP contribution in [0.4, 0.5) is 4.39 Å². The van der Waals surface area contributed by atoms with Crippen LogP contribution in [-0.2, 0) is 13.1 Å². The number of aromatic nitrogens is 2. The zero-order chi connectivity index (χ0) is 13.0. The minimum absolute atomic E-state index is 0.0677. The van der Waals surface area contributed by atoms with Crippen LogP contribution in [-0.4, -0.2) is 15.1 Å². The van der Waals surface area contributed by atoms with Crippen molar-refractivity contribution in [1.29, 1.82) is 0 Å². The molecule has 0 saturated heterocycles. The lowest BCUT2D eigenvalue weighted by molar-refractivity contribution is 0.467. The van der Waals surface area contributed by atoms with E-state index in [2.05, 4.69) is 15.3 Å². The maximum Gasteiger partial charge on any atom is 0.127 e. The van der Waals surface area contributed by atoms with Gasteiger partial charge in [-0.05, 0) is 24.6 Å². The van der Waals surface area contributed by atoms with Crippen LogP contribution in [0.25, 0.3) is 0 Å². The summed E-state index contributed by atoms with van der Waals surface area (Å²) in [7, 11) is 0. The average molecular weight is 247 g/mol. The normalized spacial score (nSPS) is 10.6. The first-order chi connectivity index (χ1) is 8.63. The van der Waals surface area contributed by atoms with E-state index in [-0.39, 0.29) is 5.75 Å². The fourth-order valence-corrected chi connectivity index (χ4v) is 1.58. The standard InChI is InChI=1S/C13H14FN3O/c1-9-5-17-12(8-16-9)7-15-6-10-2-11(14)4-13(18)3-10/h2-5,8,15,18H,6-7H2,1H3. The largest absolute Gasteiger partial charge is 0.508 e. The molecule has 0 unspecified atom stereocenters. The van der Waals surface area contributed by atoms with E-state index in [0.717, 1.165) is 17.5 Å². The van der Waals surface area contributed by atoms with Crippen molar-refractivity contribution in [2.45, 2.75) is 20.0 Å². The van der Waals surface area contributed by atoms with E-state index in [0.29, 0.717) is 18.7 Å². The molecule has 94 valence electrons. The highest BCUT2D eigenvalue weighted by Gasteiger charge is 2.00. The maximum atomic E-state index is 13.0. The van der Waals surface area contributed by atoms with Gasteiger partial charge in [-0.15, -0.1) is 0 Å². The SMILES string of the molecule is Cc1cnc(CNCc2cc(O)cc(F)c2)cn1. The van der Waals surface area contributed by atoms with Crippen molar-refractivity contribution in [2.24, 2.45) is 0 Å². The molecule has 0 fully saturated rings. The van der Waals surface area contributed by atoms with Gasteiger partial charge in [0, 0.05) is 31.5 Å². The van der Waals surface area contributed by atoms with Gasteiger partial charge in [-0.2, -0.15) is 0 Å². The van der Waals surface area contributed by atoms with Gasteiger partial charge in [0.05, 0.1) is 11.4 Å². The Hall–Kier alpha value is -2.01.